The fraction of sp³-hybridized carbons (Fsp3) is 0.417. The van der Waals surface area contributed by atoms with Crippen molar-refractivity contribution in [2.24, 2.45) is 0 Å². The van der Waals surface area contributed by atoms with Gasteiger partial charge >= 0.3 is 5.97 Å². The molecule has 15 heavy (non-hydrogen) atoms. The van der Waals surface area contributed by atoms with Crippen molar-refractivity contribution in [1.82, 2.24) is 0 Å². The topological polar surface area (TPSA) is 37.3 Å². The van der Waals surface area contributed by atoms with E-state index in [1.165, 1.54) is 0 Å². The lowest BCUT2D eigenvalue weighted by Gasteiger charge is -2.23. The molecule has 0 heterocycles. The average Bonchev–Trinajstić information content (AvgIpc) is 2.07. The summed E-state index contributed by atoms with van der Waals surface area (Å²) >= 11 is 3.46. The van der Waals surface area contributed by atoms with E-state index >= 15 is 0 Å². The molecule has 0 aliphatic carbocycles. The maximum atomic E-state index is 10.7. The van der Waals surface area contributed by atoms with Gasteiger partial charge < -0.3 is 5.11 Å². The summed E-state index contributed by atoms with van der Waals surface area (Å²) in [5.41, 5.74) is 1.87. The SMILES string of the molecule is Cc1ccc(C(C)(C)CC(=O)O)cc1Br. The zero-order valence-corrected chi connectivity index (χ0v) is 10.8. The number of rotatable bonds is 3. The molecule has 2 nitrogen and oxygen atoms in total. The number of halogens is 1. The van der Waals surface area contributed by atoms with Crippen LogP contribution < -0.4 is 0 Å². The third-order valence-electron chi connectivity index (χ3n) is 2.55. The smallest absolute Gasteiger partial charge is 0.304 e. The third kappa shape index (κ3) is 3.06. The predicted octanol–water partition coefficient (Wildman–Crippen LogP) is 3.51. The van der Waals surface area contributed by atoms with Gasteiger partial charge in [-0.25, -0.2) is 0 Å². The Morgan fingerprint density at radius 3 is 2.53 bits per heavy atom. The van der Waals surface area contributed by atoms with Gasteiger partial charge in [0, 0.05) is 9.89 Å². The van der Waals surface area contributed by atoms with Crippen molar-refractivity contribution in [3.8, 4) is 0 Å². The molecule has 0 bridgehead atoms. The Kier molecular flexibility index (Phi) is 3.55. The van der Waals surface area contributed by atoms with Gasteiger partial charge in [0.05, 0.1) is 6.42 Å². The number of carboxylic acids is 1. The highest BCUT2D eigenvalue weighted by Crippen LogP contribution is 2.30. The van der Waals surface area contributed by atoms with E-state index in [-0.39, 0.29) is 11.8 Å². The van der Waals surface area contributed by atoms with Gasteiger partial charge in [0.1, 0.15) is 0 Å². The zero-order chi connectivity index (χ0) is 11.6. The summed E-state index contributed by atoms with van der Waals surface area (Å²) in [6, 6.07) is 5.99. The van der Waals surface area contributed by atoms with E-state index in [4.69, 9.17) is 5.11 Å². The maximum Gasteiger partial charge on any atom is 0.304 e. The van der Waals surface area contributed by atoms with Crippen LogP contribution in [-0.2, 0) is 10.2 Å². The first-order valence-electron chi connectivity index (χ1n) is 4.81. The van der Waals surface area contributed by atoms with Gasteiger partial charge in [-0.15, -0.1) is 0 Å². The summed E-state index contributed by atoms with van der Waals surface area (Å²) in [6.45, 7) is 5.90. The molecule has 1 rings (SSSR count). The monoisotopic (exact) mass is 270 g/mol. The molecule has 0 unspecified atom stereocenters. The molecule has 1 aromatic rings. The van der Waals surface area contributed by atoms with Gasteiger partial charge in [0.15, 0.2) is 0 Å². The van der Waals surface area contributed by atoms with Crippen LogP contribution in [0.3, 0.4) is 0 Å². The van der Waals surface area contributed by atoms with E-state index in [1.54, 1.807) is 0 Å². The van der Waals surface area contributed by atoms with Crippen LogP contribution in [0.5, 0.6) is 0 Å². The van der Waals surface area contributed by atoms with Gasteiger partial charge in [-0.1, -0.05) is 41.9 Å². The molecule has 0 atom stereocenters. The molecule has 3 heteroatoms. The maximum absolute atomic E-state index is 10.7. The Bertz CT molecular complexity index is 383. The standard InChI is InChI=1S/C12H15BrO2/c1-8-4-5-9(6-10(8)13)12(2,3)7-11(14)15/h4-6H,7H2,1-3H3,(H,14,15). The van der Waals surface area contributed by atoms with E-state index in [2.05, 4.69) is 15.9 Å². The highest BCUT2D eigenvalue weighted by molar-refractivity contribution is 9.10. The Hall–Kier alpha value is -0.830. The van der Waals surface area contributed by atoms with E-state index in [0.29, 0.717) is 0 Å². The second kappa shape index (κ2) is 4.35. The minimum Gasteiger partial charge on any atom is -0.481 e. The second-order valence-electron chi connectivity index (χ2n) is 4.42. The summed E-state index contributed by atoms with van der Waals surface area (Å²) in [4.78, 5) is 10.7. The summed E-state index contributed by atoms with van der Waals surface area (Å²) in [7, 11) is 0. The van der Waals surface area contributed by atoms with Crippen molar-refractivity contribution < 1.29 is 9.90 Å². The highest BCUT2D eigenvalue weighted by Gasteiger charge is 2.24. The Balaban J connectivity index is 3.04. The lowest BCUT2D eigenvalue weighted by Crippen LogP contribution is -2.21. The normalized spacial score (nSPS) is 11.5. The summed E-state index contributed by atoms with van der Waals surface area (Å²) in [5, 5.41) is 8.82. The molecule has 0 radical (unpaired) electrons. The van der Waals surface area contributed by atoms with Crippen LogP contribution in [0.4, 0.5) is 0 Å². The van der Waals surface area contributed by atoms with Gasteiger partial charge in [-0.2, -0.15) is 0 Å². The summed E-state index contributed by atoms with van der Waals surface area (Å²) < 4.78 is 1.03. The van der Waals surface area contributed by atoms with Crippen LogP contribution in [0.15, 0.2) is 22.7 Å². The number of aryl methyl sites for hydroxylation is 1. The van der Waals surface area contributed by atoms with Gasteiger partial charge in [-0.3, -0.25) is 4.79 Å². The van der Waals surface area contributed by atoms with Gasteiger partial charge in [0.2, 0.25) is 0 Å². The molecule has 82 valence electrons. The molecule has 1 aromatic carbocycles. The number of aliphatic carboxylic acids is 1. The predicted molar refractivity (Wildman–Crippen MR) is 64.2 cm³/mol. The Morgan fingerprint density at radius 2 is 2.07 bits per heavy atom. The molecule has 0 saturated heterocycles. The Labute approximate surface area is 98.4 Å². The minimum atomic E-state index is -0.767. The van der Waals surface area contributed by atoms with Gasteiger partial charge in [0.25, 0.3) is 0 Å². The van der Waals surface area contributed by atoms with Crippen LogP contribution in [0.25, 0.3) is 0 Å². The van der Waals surface area contributed by atoms with E-state index in [0.717, 1.165) is 15.6 Å². The lowest BCUT2D eigenvalue weighted by molar-refractivity contribution is -0.138. The summed E-state index contributed by atoms with van der Waals surface area (Å²) in [5.74, 6) is -0.767. The van der Waals surface area contributed by atoms with Crippen molar-refractivity contribution in [2.75, 3.05) is 0 Å². The molecule has 0 saturated carbocycles. The van der Waals surface area contributed by atoms with Crippen LogP contribution in [-0.4, -0.2) is 11.1 Å². The number of benzene rings is 1. The first kappa shape index (κ1) is 12.2. The van der Waals surface area contributed by atoms with Gasteiger partial charge in [-0.05, 0) is 24.1 Å². The second-order valence-corrected chi connectivity index (χ2v) is 5.27. The van der Waals surface area contributed by atoms with Crippen LogP contribution in [0.1, 0.15) is 31.4 Å². The molecule has 0 fully saturated rings. The highest BCUT2D eigenvalue weighted by atomic mass is 79.9. The fourth-order valence-corrected chi connectivity index (χ4v) is 1.87. The van der Waals surface area contributed by atoms with Crippen molar-refractivity contribution in [1.29, 1.82) is 0 Å². The molecule has 0 aromatic heterocycles. The third-order valence-corrected chi connectivity index (χ3v) is 3.40. The molecule has 0 amide bonds. The van der Waals surface area contributed by atoms with Crippen LogP contribution in [0, 0.1) is 6.92 Å². The lowest BCUT2D eigenvalue weighted by atomic mass is 9.81. The molecule has 0 aliphatic heterocycles. The van der Waals surface area contributed by atoms with Crippen molar-refractivity contribution in [3.05, 3.63) is 33.8 Å². The minimum absolute atomic E-state index is 0.141. The number of carboxylic acid groups (broad SMARTS) is 1. The molecule has 0 spiro atoms. The van der Waals surface area contributed by atoms with E-state index in [9.17, 15) is 4.79 Å². The Morgan fingerprint density at radius 1 is 1.47 bits per heavy atom. The first-order valence-corrected chi connectivity index (χ1v) is 5.60. The number of hydrogen-bond donors (Lipinski definition) is 1. The number of hydrogen-bond acceptors (Lipinski definition) is 1. The van der Waals surface area contributed by atoms with Crippen molar-refractivity contribution >= 4 is 21.9 Å². The van der Waals surface area contributed by atoms with Crippen molar-refractivity contribution in [3.63, 3.8) is 0 Å². The first-order chi connectivity index (χ1) is 6.83. The zero-order valence-electron chi connectivity index (χ0n) is 9.17. The molecule has 0 aliphatic rings. The van der Waals surface area contributed by atoms with E-state index in [1.807, 2.05) is 39.0 Å². The summed E-state index contributed by atoms with van der Waals surface area (Å²) in [6.07, 6.45) is 0.141. The molecular formula is C12H15BrO2. The largest absolute Gasteiger partial charge is 0.481 e. The molecular weight excluding hydrogens is 256 g/mol. The molecule has 1 N–H and O–H groups in total. The van der Waals surface area contributed by atoms with Crippen molar-refractivity contribution in [2.45, 2.75) is 32.6 Å². The number of carbonyl (C=O) groups is 1. The fourth-order valence-electron chi connectivity index (χ4n) is 1.49. The van der Waals surface area contributed by atoms with Crippen LogP contribution in [0.2, 0.25) is 0 Å². The van der Waals surface area contributed by atoms with E-state index < -0.39 is 5.97 Å². The quantitative estimate of drug-likeness (QED) is 0.913. The average molecular weight is 271 g/mol. The van der Waals surface area contributed by atoms with Crippen LogP contribution >= 0.6 is 15.9 Å².